The summed E-state index contributed by atoms with van der Waals surface area (Å²) in [7, 11) is 3.30. The van der Waals surface area contributed by atoms with Crippen molar-refractivity contribution in [1.29, 1.82) is 0 Å². The van der Waals surface area contributed by atoms with Crippen LogP contribution in [0.3, 0.4) is 0 Å². The highest BCUT2D eigenvalue weighted by Gasteiger charge is 2.29. The highest BCUT2D eigenvalue weighted by Crippen LogP contribution is 2.33. The molecule has 1 aliphatic heterocycles. The third-order valence-electron chi connectivity index (χ3n) is 3.91. The third-order valence-corrected chi connectivity index (χ3v) is 3.91. The molecule has 2 aromatic rings. The maximum absolute atomic E-state index is 5.35. The Balaban J connectivity index is 1.74. The van der Waals surface area contributed by atoms with Crippen LogP contribution in [0.15, 0.2) is 58.1 Å². The van der Waals surface area contributed by atoms with Crippen LogP contribution in [0, 0.1) is 0 Å². The average molecular weight is 305 g/mol. The number of hydrogen-bond acceptors (Lipinski definition) is 4. The maximum Gasteiger partial charge on any atom is 0.156 e. The van der Waals surface area contributed by atoms with Gasteiger partial charge in [0.15, 0.2) is 5.84 Å². The lowest BCUT2D eigenvalue weighted by Gasteiger charge is -2.04. The molecule has 2 aliphatic rings. The number of hydrazone groups is 1. The van der Waals surface area contributed by atoms with Gasteiger partial charge in [-0.25, -0.2) is 4.99 Å². The van der Waals surface area contributed by atoms with E-state index in [1.165, 1.54) is 0 Å². The van der Waals surface area contributed by atoms with E-state index in [0.29, 0.717) is 0 Å². The first-order chi connectivity index (χ1) is 11.3. The molecule has 0 fully saturated rings. The third kappa shape index (κ3) is 2.17. The molecule has 0 saturated carbocycles. The molecule has 0 aromatic heterocycles. The molecular formula is C18H15N3O2. The van der Waals surface area contributed by atoms with Gasteiger partial charge in [-0.1, -0.05) is 12.1 Å². The molecule has 0 amide bonds. The first kappa shape index (κ1) is 13.6. The maximum atomic E-state index is 5.35. The number of rotatable bonds is 3. The van der Waals surface area contributed by atoms with Gasteiger partial charge in [-0.3, -0.25) is 5.43 Å². The second kappa shape index (κ2) is 5.28. The SMILES string of the molecule is COc1ccc2c(c1)C=C1C(=Nc3ccccc3OC)NN=C12. The second-order valence-corrected chi connectivity index (χ2v) is 5.22. The van der Waals surface area contributed by atoms with E-state index in [2.05, 4.69) is 21.6 Å². The van der Waals surface area contributed by atoms with Gasteiger partial charge < -0.3 is 9.47 Å². The van der Waals surface area contributed by atoms with E-state index in [4.69, 9.17) is 9.47 Å². The van der Waals surface area contributed by atoms with Crippen LogP contribution in [-0.2, 0) is 0 Å². The lowest BCUT2D eigenvalue weighted by molar-refractivity contribution is 0.414. The van der Waals surface area contributed by atoms with Crippen LogP contribution in [0.25, 0.3) is 6.08 Å². The molecule has 0 radical (unpaired) electrons. The van der Waals surface area contributed by atoms with E-state index in [1.54, 1.807) is 14.2 Å². The summed E-state index contributed by atoms with van der Waals surface area (Å²) in [6.07, 6.45) is 2.07. The van der Waals surface area contributed by atoms with Crippen molar-refractivity contribution in [3.05, 3.63) is 59.2 Å². The molecule has 5 heteroatoms. The Kier molecular flexibility index (Phi) is 3.12. The Morgan fingerprint density at radius 3 is 2.74 bits per heavy atom. The van der Waals surface area contributed by atoms with Gasteiger partial charge in [-0.05, 0) is 42.0 Å². The summed E-state index contributed by atoms with van der Waals surface area (Å²) in [4.78, 5) is 4.66. The fourth-order valence-electron chi connectivity index (χ4n) is 2.77. The minimum absolute atomic E-state index is 0.722. The molecule has 5 nitrogen and oxygen atoms in total. The van der Waals surface area contributed by atoms with Gasteiger partial charge >= 0.3 is 0 Å². The molecule has 4 rings (SSSR count). The van der Waals surface area contributed by atoms with Crippen molar-refractivity contribution in [3.8, 4) is 11.5 Å². The van der Waals surface area contributed by atoms with Gasteiger partial charge in [0, 0.05) is 11.1 Å². The number of benzene rings is 2. The number of amidine groups is 1. The molecule has 0 unspecified atom stereocenters. The van der Waals surface area contributed by atoms with Crippen LogP contribution in [0.2, 0.25) is 0 Å². The minimum atomic E-state index is 0.722. The summed E-state index contributed by atoms with van der Waals surface area (Å²) in [5.41, 5.74) is 7.85. The monoisotopic (exact) mass is 305 g/mol. The number of hydrogen-bond donors (Lipinski definition) is 1. The minimum Gasteiger partial charge on any atom is -0.497 e. The van der Waals surface area contributed by atoms with E-state index in [9.17, 15) is 0 Å². The van der Waals surface area contributed by atoms with Crippen LogP contribution < -0.4 is 14.9 Å². The normalized spacial score (nSPS) is 16.3. The van der Waals surface area contributed by atoms with Crippen molar-refractivity contribution in [2.75, 3.05) is 14.2 Å². The lowest BCUT2D eigenvalue weighted by Crippen LogP contribution is -2.12. The fourth-order valence-corrected chi connectivity index (χ4v) is 2.77. The number of fused-ring (bicyclic) bond motifs is 3. The molecule has 1 N–H and O–H groups in total. The van der Waals surface area contributed by atoms with Crippen LogP contribution >= 0.6 is 0 Å². The van der Waals surface area contributed by atoms with Crippen LogP contribution in [0.1, 0.15) is 11.1 Å². The van der Waals surface area contributed by atoms with E-state index < -0.39 is 0 Å². The second-order valence-electron chi connectivity index (χ2n) is 5.22. The van der Waals surface area contributed by atoms with Crippen molar-refractivity contribution >= 4 is 23.3 Å². The van der Waals surface area contributed by atoms with Gasteiger partial charge in [-0.2, -0.15) is 5.10 Å². The molecule has 1 aliphatic carbocycles. The van der Waals surface area contributed by atoms with Gasteiger partial charge in [0.05, 0.1) is 14.2 Å². The summed E-state index contributed by atoms with van der Waals surface area (Å²) in [5, 5.41) is 4.41. The number of methoxy groups -OCH3 is 2. The largest absolute Gasteiger partial charge is 0.497 e. The van der Waals surface area contributed by atoms with Crippen molar-refractivity contribution in [3.63, 3.8) is 0 Å². The van der Waals surface area contributed by atoms with Crippen LogP contribution in [0.4, 0.5) is 5.69 Å². The van der Waals surface area contributed by atoms with Gasteiger partial charge in [0.2, 0.25) is 0 Å². The average Bonchev–Trinajstić information content (AvgIpc) is 3.14. The predicted molar refractivity (Wildman–Crippen MR) is 90.7 cm³/mol. The molecule has 2 aromatic carbocycles. The zero-order valence-electron chi connectivity index (χ0n) is 12.8. The van der Waals surface area contributed by atoms with E-state index in [-0.39, 0.29) is 0 Å². The topological polar surface area (TPSA) is 55.2 Å². The van der Waals surface area contributed by atoms with Crippen molar-refractivity contribution in [1.82, 2.24) is 5.43 Å². The van der Waals surface area contributed by atoms with Crippen LogP contribution in [0.5, 0.6) is 11.5 Å². The number of nitrogens with zero attached hydrogens (tertiary/aromatic N) is 2. The van der Waals surface area contributed by atoms with E-state index in [1.807, 2.05) is 42.5 Å². The van der Waals surface area contributed by atoms with Gasteiger partial charge in [0.25, 0.3) is 0 Å². The van der Waals surface area contributed by atoms with Gasteiger partial charge in [0.1, 0.15) is 22.9 Å². The zero-order valence-corrected chi connectivity index (χ0v) is 12.8. The smallest absolute Gasteiger partial charge is 0.156 e. The summed E-state index contributed by atoms with van der Waals surface area (Å²) in [6.45, 7) is 0. The molecular weight excluding hydrogens is 290 g/mol. The Labute approximate surface area is 134 Å². The lowest BCUT2D eigenvalue weighted by atomic mass is 10.1. The van der Waals surface area contributed by atoms with Crippen molar-refractivity contribution in [2.45, 2.75) is 0 Å². The first-order valence-corrected chi connectivity index (χ1v) is 7.26. The van der Waals surface area contributed by atoms with E-state index in [0.717, 1.165) is 45.4 Å². The summed E-state index contributed by atoms with van der Waals surface area (Å²) in [6, 6.07) is 13.6. The number of nitrogens with one attached hydrogen (secondary N) is 1. The summed E-state index contributed by atoms with van der Waals surface area (Å²) >= 11 is 0. The molecule has 0 atom stereocenters. The Morgan fingerprint density at radius 1 is 1.04 bits per heavy atom. The number of ether oxygens (including phenoxy) is 2. The Hall–Kier alpha value is -3.08. The summed E-state index contributed by atoms with van der Waals surface area (Å²) < 4.78 is 10.6. The summed E-state index contributed by atoms with van der Waals surface area (Å²) in [5.74, 6) is 2.28. The molecule has 0 saturated heterocycles. The first-order valence-electron chi connectivity index (χ1n) is 7.26. The van der Waals surface area contributed by atoms with Crippen molar-refractivity contribution in [2.24, 2.45) is 10.1 Å². The van der Waals surface area contributed by atoms with Crippen LogP contribution in [-0.4, -0.2) is 25.8 Å². The van der Waals surface area contributed by atoms with Gasteiger partial charge in [-0.15, -0.1) is 0 Å². The van der Waals surface area contributed by atoms with E-state index >= 15 is 0 Å². The fraction of sp³-hybridized carbons (Fsp3) is 0.111. The number of aliphatic imine (C=N–C) groups is 1. The highest BCUT2D eigenvalue weighted by atomic mass is 16.5. The van der Waals surface area contributed by atoms with Crippen molar-refractivity contribution < 1.29 is 9.47 Å². The molecule has 114 valence electrons. The molecule has 0 spiro atoms. The molecule has 23 heavy (non-hydrogen) atoms. The predicted octanol–water partition coefficient (Wildman–Crippen LogP) is 3.14. The Morgan fingerprint density at radius 2 is 1.91 bits per heavy atom. The molecule has 0 bridgehead atoms. The number of para-hydroxylation sites is 2. The zero-order chi connectivity index (χ0) is 15.8. The highest BCUT2D eigenvalue weighted by molar-refractivity contribution is 6.38. The standard InChI is InChI=1S/C18H15N3O2/c1-22-12-7-8-13-11(9-12)10-14-17(13)20-21-18(14)19-15-5-3-4-6-16(15)23-2/h3-10H,1-2H3,(H,19,21). The quantitative estimate of drug-likeness (QED) is 0.948. The molecule has 1 heterocycles. The Bertz CT molecular complexity index is 882.